The molecule has 0 aliphatic carbocycles. The standard InChI is InChI=1S/C17H24N2O2/c1-19(11-13-6-4-5-9-20-13)12-15-14-7-2-3-8-16(14)21-17(15)10-18/h2-3,7-8,13H,4-6,9-12,18H2,1H3. The Labute approximate surface area is 125 Å². The van der Waals surface area contributed by atoms with Gasteiger partial charge in [-0.2, -0.15) is 0 Å². The van der Waals surface area contributed by atoms with Crippen LogP contribution in [0.2, 0.25) is 0 Å². The van der Waals surface area contributed by atoms with Gasteiger partial charge in [0, 0.05) is 30.6 Å². The van der Waals surface area contributed by atoms with Crippen LogP contribution in [-0.4, -0.2) is 31.2 Å². The van der Waals surface area contributed by atoms with E-state index in [2.05, 4.69) is 18.0 Å². The summed E-state index contributed by atoms with van der Waals surface area (Å²) in [5.74, 6) is 0.896. The van der Waals surface area contributed by atoms with Crippen LogP contribution in [0.25, 0.3) is 11.0 Å². The largest absolute Gasteiger partial charge is 0.459 e. The van der Waals surface area contributed by atoms with Crippen LogP contribution in [0.3, 0.4) is 0 Å². The molecule has 2 aromatic rings. The van der Waals surface area contributed by atoms with Gasteiger partial charge in [0.15, 0.2) is 0 Å². The topological polar surface area (TPSA) is 51.6 Å². The maximum Gasteiger partial charge on any atom is 0.134 e. The molecular formula is C17H24N2O2. The number of hydrogen-bond acceptors (Lipinski definition) is 4. The summed E-state index contributed by atoms with van der Waals surface area (Å²) < 4.78 is 11.7. The molecule has 2 N–H and O–H groups in total. The molecule has 114 valence electrons. The quantitative estimate of drug-likeness (QED) is 0.919. The van der Waals surface area contributed by atoms with Gasteiger partial charge in [-0.3, -0.25) is 4.90 Å². The Kier molecular flexibility index (Phi) is 4.58. The smallest absolute Gasteiger partial charge is 0.134 e. The predicted octanol–water partition coefficient (Wildman–Crippen LogP) is 2.89. The third-order valence-corrected chi connectivity index (χ3v) is 4.18. The van der Waals surface area contributed by atoms with Crippen molar-refractivity contribution in [2.75, 3.05) is 20.2 Å². The minimum absolute atomic E-state index is 0.364. The van der Waals surface area contributed by atoms with Crippen molar-refractivity contribution < 1.29 is 9.15 Å². The van der Waals surface area contributed by atoms with Crippen molar-refractivity contribution in [1.29, 1.82) is 0 Å². The van der Waals surface area contributed by atoms with Gasteiger partial charge in [0.1, 0.15) is 11.3 Å². The Morgan fingerprint density at radius 1 is 1.29 bits per heavy atom. The first-order valence-electron chi connectivity index (χ1n) is 7.77. The lowest BCUT2D eigenvalue weighted by atomic mass is 10.1. The van der Waals surface area contributed by atoms with Gasteiger partial charge in [-0.05, 0) is 32.4 Å². The number of nitrogens with two attached hydrogens (primary N) is 1. The summed E-state index contributed by atoms with van der Waals surface area (Å²) in [6.07, 6.45) is 4.01. The lowest BCUT2D eigenvalue weighted by Crippen LogP contribution is -2.33. The SMILES string of the molecule is CN(Cc1c(CN)oc2ccccc12)CC1CCCCO1. The van der Waals surface area contributed by atoms with E-state index < -0.39 is 0 Å². The third-order valence-electron chi connectivity index (χ3n) is 4.18. The molecule has 0 bridgehead atoms. The first-order valence-corrected chi connectivity index (χ1v) is 7.77. The zero-order chi connectivity index (χ0) is 14.7. The molecule has 1 fully saturated rings. The van der Waals surface area contributed by atoms with Crippen LogP contribution in [0.1, 0.15) is 30.6 Å². The average Bonchev–Trinajstić information content (AvgIpc) is 2.86. The van der Waals surface area contributed by atoms with E-state index in [9.17, 15) is 0 Å². The van der Waals surface area contributed by atoms with Gasteiger partial charge < -0.3 is 14.9 Å². The number of ether oxygens (including phenoxy) is 1. The monoisotopic (exact) mass is 288 g/mol. The van der Waals surface area contributed by atoms with Gasteiger partial charge in [0.2, 0.25) is 0 Å². The van der Waals surface area contributed by atoms with Crippen LogP contribution < -0.4 is 5.73 Å². The fourth-order valence-corrected chi connectivity index (χ4v) is 3.12. The van der Waals surface area contributed by atoms with Crippen LogP contribution >= 0.6 is 0 Å². The number of rotatable bonds is 5. The van der Waals surface area contributed by atoms with Gasteiger partial charge in [-0.25, -0.2) is 0 Å². The van der Waals surface area contributed by atoms with Gasteiger partial charge >= 0.3 is 0 Å². The van der Waals surface area contributed by atoms with Crippen LogP contribution in [0.4, 0.5) is 0 Å². The molecule has 1 atom stereocenters. The highest BCUT2D eigenvalue weighted by molar-refractivity contribution is 5.82. The van der Waals surface area contributed by atoms with E-state index in [1.54, 1.807) is 0 Å². The van der Waals surface area contributed by atoms with E-state index in [1.807, 2.05) is 18.2 Å². The summed E-state index contributed by atoms with van der Waals surface area (Å²) in [4.78, 5) is 2.31. The van der Waals surface area contributed by atoms with E-state index in [4.69, 9.17) is 14.9 Å². The molecule has 1 saturated heterocycles. The Morgan fingerprint density at radius 3 is 2.90 bits per heavy atom. The molecule has 2 heterocycles. The van der Waals surface area contributed by atoms with Crippen molar-refractivity contribution in [3.05, 3.63) is 35.6 Å². The van der Waals surface area contributed by atoms with Gasteiger partial charge in [0.05, 0.1) is 12.6 Å². The summed E-state index contributed by atoms with van der Waals surface area (Å²) in [5.41, 5.74) is 7.98. The molecule has 1 aromatic carbocycles. The molecule has 1 unspecified atom stereocenters. The maximum absolute atomic E-state index is 5.86. The number of para-hydroxylation sites is 1. The maximum atomic E-state index is 5.86. The lowest BCUT2D eigenvalue weighted by Gasteiger charge is -2.27. The Balaban J connectivity index is 1.74. The second kappa shape index (κ2) is 6.60. The lowest BCUT2D eigenvalue weighted by molar-refractivity contribution is -0.00261. The summed E-state index contributed by atoms with van der Waals surface area (Å²) >= 11 is 0. The minimum atomic E-state index is 0.364. The van der Waals surface area contributed by atoms with Gasteiger partial charge in [0.25, 0.3) is 0 Å². The van der Waals surface area contributed by atoms with Crippen molar-refractivity contribution in [2.24, 2.45) is 5.73 Å². The second-order valence-corrected chi connectivity index (χ2v) is 5.89. The van der Waals surface area contributed by atoms with Crippen LogP contribution in [-0.2, 0) is 17.8 Å². The molecule has 1 aromatic heterocycles. The molecule has 1 aliphatic heterocycles. The normalized spacial score (nSPS) is 19.5. The average molecular weight is 288 g/mol. The van der Waals surface area contributed by atoms with Crippen LogP contribution in [0.15, 0.2) is 28.7 Å². The number of hydrogen-bond donors (Lipinski definition) is 1. The summed E-state index contributed by atoms with van der Waals surface area (Å²) in [6.45, 7) is 3.16. The fraction of sp³-hybridized carbons (Fsp3) is 0.529. The number of likely N-dealkylation sites (N-methyl/N-ethyl adjacent to an activating group) is 1. The van der Waals surface area contributed by atoms with Crippen molar-refractivity contribution in [2.45, 2.75) is 38.5 Å². The number of nitrogens with zero attached hydrogens (tertiary/aromatic N) is 1. The van der Waals surface area contributed by atoms with E-state index >= 15 is 0 Å². The Hall–Kier alpha value is -1.36. The van der Waals surface area contributed by atoms with Crippen molar-refractivity contribution in [3.8, 4) is 0 Å². The molecule has 1 aliphatic rings. The van der Waals surface area contributed by atoms with E-state index in [1.165, 1.54) is 30.2 Å². The van der Waals surface area contributed by atoms with Crippen molar-refractivity contribution in [1.82, 2.24) is 4.90 Å². The zero-order valence-corrected chi connectivity index (χ0v) is 12.7. The molecule has 0 spiro atoms. The van der Waals surface area contributed by atoms with E-state index in [0.29, 0.717) is 12.6 Å². The molecule has 0 radical (unpaired) electrons. The molecule has 4 heteroatoms. The number of furan rings is 1. The summed E-state index contributed by atoms with van der Waals surface area (Å²) in [5, 5.41) is 1.18. The zero-order valence-electron chi connectivity index (χ0n) is 12.7. The number of fused-ring (bicyclic) bond motifs is 1. The van der Waals surface area contributed by atoms with Gasteiger partial charge in [-0.15, -0.1) is 0 Å². The molecule has 0 saturated carbocycles. The molecule has 4 nitrogen and oxygen atoms in total. The van der Waals surface area contributed by atoms with Crippen molar-refractivity contribution >= 4 is 11.0 Å². The highest BCUT2D eigenvalue weighted by Gasteiger charge is 2.19. The molecule has 3 rings (SSSR count). The fourth-order valence-electron chi connectivity index (χ4n) is 3.12. The number of benzene rings is 1. The second-order valence-electron chi connectivity index (χ2n) is 5.89. The molecule has 21 heavy (non-hydrogen) atoms. The van der Waals surface area contributed by atoms with E-state index in [0.717, 1.165) is 31.0 Å². The first kappa shape index (κ1) is 14.6. The van der Waals surface area contributed by atoms with Crippen molar-refractivity contribution in [3.63, 3.8) is 0 Å². The highest BCUT2D eigenvalue weighted by atomic mass is 16.5. The first-order chi connectivity index (χ1) is 10.3. The Bertz CT molecular complexity index is 587. The minimum Gasteiger partial charge on any atom is -0.459 e. The predicted molar refractivity (Wildman–Crippen MR) is 84.0 cm³/mol. The summed E-state index contributed by atoms with van der Waals surface area (Å²) in [6, 6.07) is 8.15. The van der Waals surface area contributed by atoms with E-state index in [-0.39, 0.29) is 0 Å². The third kappa shape index (κ3) is 3.28. The molecular weight excluding hydrogens is 264 g/mol. The molecule has 0 amide bonds. The Morgan fingerprint density at radius 2 is 2.14 bits per heavy atom. The van der Waals surface area contributed by atoms with Crippen LogP contribution in [0, 0.1) is 0 Å². The summed E-state index contributed by atoms with van der Waals surface area (Å²) in [7, 11) is 2.14. The van der Waals surface area contributed by atoms with Crippen LogP contribution in [0.5, 0.6) is 0 Å². The van der Waals surface area contributed by atoms with Gasteiger partial charge in [-0.1, -0.05) is 18.2 Å². The highest BCUT2D eigenvalue weighted by Crippen LogP contribution is 2.27.